The van der Waals surface area contributed by atoms with Crippen LogP contribution >= 0.6 is 23.2 Å². The zero-order valence-electron chi connectivity index (χ0n) is 19.8. The molecule has 2 aliphatic rings. The van der Waals surface area contributed by atoms with E-state index in [2.05, 4.69) is 30.6 Å². The molecule has 0 N–H and O–H groups in total. The molecule has 2 aromatic heterocycles. The van der Waals surface area contributed by atoms with Crippen LogP contribution in [0.15, 0.2) is 24.4 Å². The van der Waals surface area contributed by atoms with Gasteiger partial charge in [-0.3, -0.25) is 4.90 Å². The van der Waals surface area contributed by atoms with Gasteiger partial charge in [-0.25, -0.2) is 14.6 Å². The highest BCUT2D eigenvalue weighted by Crippen LogP contribution is 2.34. The van der Waals surface area contributed by atoms with Gasteiger partial charge < -0.3 is 4.90 Å². The second-order valence-electron chi connectivity index (χ2n) is 9.80. The van der Waals surface area contributed by atoms with E-state index in [1.807, 2.05) is 29.9 Å². The Labute approximate surface area is 205 Å². The smallest absolute Gasteiger partial charge is 0.179 e. The summed E-state index contributed by atoms with van der Waals surface area (Å²) in [4.78, 5) is 15.0. The zero-order valence-corrected chi connectivity index (χ0v) is 21.3. The molecule has 5 rings (SSSR count). The molecule has 176 valence electrons. The van der Waals surface area contributed by atoms with E-state index in [9.17, 15) is 0 Å². The monoisotopic (exact) mass is 486 g/mol. The number of anilines is 1. The Morgan fingerprint density at radius 3 is 2.61 bits per heavy atom. The summed E-state index contributed by atoms with van der Waals surface area (Å²) in [7, 11) is 0. The predicted molar refractivity (Wildman–Crippen MR) is 136 cm³/mol. The van der Waals surface area contributed by atoms with Crippen LogP contribution in [-0.2, 0) is 0 Å². The maximum atomic E-state index is 6.51. The van der Waals surface area contributed by atoms with Gasteiger partial charge in [0.25, 0.3) is 0 Å². The summed E-state index contributed by atoms with van der Waals surface area (Å²) < 4.78 is 1.95. The van der Waals surface area contributed by atoms with E-state index in [1.165, 1.54) is 25.9 Å². The second kappa shape index (κ2) is 9.05. The summed E-state index contributed by atoms with van der Waals surface area (Å²) in [6.45, 7) is 12.3. The van der Waals surface area contributed by atoms with Crippen molar-refractivity contribution in [3.05, 3.63) is 45.7 Å². The average Bonchev–Trinajstić information content (AvgIpc) is 3.43. The fourth-order valence-electron chi connectivity index (χ4n) is 5.64. The van der Waals surface area contributed by atoms with Crippen molar-refractivity contribution in [2.45, 2.75) is 65.1 Å². The van der Waals surface area contributed by atoms with Crippen LogP contribution in [0.25, 0.3) is 11.2 Å². The first-order valence-corrected chi connectivity index (χ1v) is 12.8. The first kappa shape index (κ1) is 22.9. The molecule has 0 radical (unpaired) electrons. The SMILES string of the molecule is Cc1nn([C@H](C)c2ccc(Cl)cc2Cl)c2nc(N3C[C@H](C)C(N4CCCC4)C[C@@H]3C)cnc12. The molecule has 1 aromatic carbocycles. The number of hydrogen-bond acceptors (Lipinski definition) is 5. The topological polar surface area (TPSA) is 50.1 Å². The molecule has 2 fully saturated rings. The van der Waals surface area contributed by atoms with Crippen molar-refractivity contribution < 1.29 is 0 Å². The molecule has 0 saturated carbocycles. The molecule has 1 unspecified atom stereocenters. The van der Waals surface area contributed by atoms with Crippen LogP contribution in [0.5, 0.6) is 0 Å². The summed E-state index contributed by atoms with van der Waals surface area (Å²) in [5.74, 6) is 1.52. The third kappa shape index (κ3) is 4.22. The minimum Gasteiger partial charge on any atom is -0.352 e. The van der Waals surface area contributed by atoms with Gasteiger partial charge in [-0.15, -0.1) is 0 Å². The van der Waals surface area contributed by atoms with E-state index in [-0.39, 0.29) is 6.04 Å². The minimum absolute atomic E-state index is 0.0900. The van der Waals surface area contributed by atoms with Gasteiger partial charge in [0.2, 0.25) is 0 Å². The van der Waals surface area contributed by atoms with Gasteiger partial charge in [-0.1, -0.05) is 36.2 Å². The van der Waals surface area contributed by atoms with Crippen molar-refractivity contribution in [1.29, 1.82) is 0 Å². The number of aryl methyl sites for hydroxylation is 1. The number of fused-ring (bicyclic) bond motifs is 1. The van der Waals surface area contributed by atoms with E-state index in [0.717, 1.165) is 41.2 Å². The Morgan fingerprint density at radius 2 is 1.88 bits per heavy atom. The molecule has 2 saturated heterocycles. The van der Waals surface area contributed by atoms with Crippen molar-refractivity contribution in [2.24, 2.45) is 5.92 Å². The number of aromatic nitrogens is 4. The maximum Gasteiger partial charge on any atom is 0.179 e. The maximum absolute atomic E-state index is 6.51. The van der Waals surface area contributed by atoms with Crippen LogP contribution in [0.4, 0.5) is 5.82 Å². The lowest BCUT2D eigenvalue weighted by Crippen LogP contribution is -2.53. The highest BCUT2D eigenvalue weighted by molar-refractivity contribution is 6.35. The molecule has 4 atom stereocenters. The Balaban J connectivity index is 1.47. The van der Waals surface area contributed by atoms with Crippen LogP contribution in [0, 0.1) is 12.8 Å². The number of nitrogens with zero attached hydrogens (tertiary/aromatic N) is 6. The summed E-state index contributed by atoms with van der Waals surface area (Å²) in [5.41, 5.74) is 3.47. The van der Waals surface area contributed by atoms with E-state index >= 15 is 0 Å². The van der Waals surface area contributed by atoms with Crippen LogP contribution in [0.3, 0.4) is 0 Å². The summed E-state index contributed by atoms with van der Waals surface area (Å²) in [6.07, 6.45) is 5.75. The third-order valence-electron chi connectivity index (χ3n) is 7.50. The standard InChI is InChI=1S/C25H32Cl2N6/c1-15-14-32(16(2)11-22(15)31-9-5-6-10-31)23-13-28-24-17(3)30-33(25(24)29-23)18(4)20-8-7-19(26)12-21(20)27/h7-8,12-13,15-16,18,22H,5-6,9-11,14H2,1-4H3/t15-,16-,18+,22?/m0/s1. The van der Waals surface area contributed by atoms with E-state index in [0.29, 0.717) is 28.0 Å². The van der Waals surface area contributed by atoms with E-state index in [1.54, 1.807) is 6.07 Å². The highest BCUT2D eigenvalue weighted by Gasteiger charge is 2.36. The molecule has 6 nitrogen and oxygen atoms in total. The number of benzene rings is 1. The minimum atomic E-state index is -0.0900. The fourth-order valence-corrected chi connectivity index (χ4v) is 6.21. The van der Waals surface area contributed by atoms with Crippen LogP contribution < -0.4 is 4.90 Å². The third-order valence-corrected chi connectivity index (χ3v) is 8.06. The Kier molecular flexibility index (Phi) is 6.27. The molecule has 2 aliphatic heterocycles. The summed E-state index contributed by atoms with van der Waals surface area (Å²) in [6, 6.07) is 6.59. The predicted octanol–water partition coefficient (Wildman–Crippen LogP) is 5.75. The van der Waals surface area contributed by atoms with Crippen molar-refractivity contribution in [3.63, 3.8) is 0 Å². The Bertz CT molecular complexity index is 1160. The molecule has 0 bridgehead atoms. The van der Waals surface area contributed by atoms with Gasteiger partial charge >= 0.3 is 0 Å². The molecule has 33 heavy (non-hydrogen) atoms. The molecule has 0 aliphatic carbocycles. The quantitative estimate of drug-likeness (QED) is 0.469. The highest BCUT2D eigenvalue weighted by atomic mass is 35.5. The van der Waals surface area contributed by atoms with Crippen LogP contribution in [0.1, 0.15) is 57.3 Å². The van der Waals surface area contributed by atoms with Crippen molar-refractivity contribution in [3.8, 4) is 0 Å². The largest absolute Gasteiger partial charge is 0.352 e. The van der Waals surface area contributed by atoms with Gasteiger partial charge in [0.05, 0.1) is 17.9 Å². The number of rotatable bonds is 4. The normalized spacial score (nSPS) is 25.2. The first-order valence-electron chi connectivity index (χ1n) is 12.0. The van der Waals surface area contributed by atoms with Gasteiger partial charge in [0, 0.05) is 28.7 Å². The van der Waals surface area contributed by atoms with Gasteiger partial charge in [0.15, 0.2) is 5.65 Å². The lowest BCUT2D eigenvalue weighted by atomic mass is 9.88. The molecular formula is C25H32Cl2N6. The summed E-state index contributed by atoms with van der Waals surface area (Å²) >= 11 is 12.6. The molecule has 0 amide bonds. The fraction of sp³-hybridized carbons (Fsp3) is 0.560. The number of halogens is 2. The van der Waals surface area contributed by atoms with Gasteiger partial charge in [0.1, 0.15) is 11.3 Å². The molecule has 4 heterocycles. The van der Waals surface area contributed by atoms with Gasteiger partial charge in [-0.05, 0) is 76.7 Å². The van der Waals surface area contributed by atoms with E-state index < -0.39 is 0 Å². The lowest BCUT2D eigenvalue weighted by Gasteiger charge is -2.45. The molecule has 0 spiro atoms. The van der Waals surface area contributed by atoms with Crippen molar-refractivity contribution >= 4 is 40.2 Å². The lowest BCUT2D eigenvalue weighted by molar-refractivity contribution is 0.143. The van der Waals surface area contributed by atoms with Crippen molar-refractivity contribution in [1.82, 2.24) is 24.6 Å². The summed E-state index contributed by atoms with van der Waals surface area (Å²) in [5, 5.41) is 6.05. The van der Waals surface area contributed by atoms with E-state index in [4.69, 9.17) is 38.3 Å². The molecule has 8 heteroatoms. The number of hydrogen-bond donors (Lipinski definition) is 0. The first-order chi connectivity index (χ1) is 15.8. The molecule has 3 aromatic rings. The second-order valence-corrected chi connectivity index (χ2v) is 10.6. The molecular weight excluding hydrogens is 455 g/mol. The zero-order chi connectivity index (χ0) is 23.3. The van der Waals surface area contributed by atoms with Crippen LogP contribution in [-0.4, -0.2) is 56.4 Å². The Hall–Kier alpha value is -1.89. The van der Waals surface area contributed by atoms with Gasteiger partial charge in [-0.2, -0.15) is 5.10 Å². The number of piperidine rings is 1. The van der Waals surface area contributed by atoms with Crippen molar-refractivity contribution in [2.75, 3.05) is 24.5 Å². The average molecular weight is 487 g/mol. The Morgan fingerprint density at radius 1 is 1.12 bits per heavy atom. The van der Waals surface area contributed by atoms with Crippen LogP contribution in [0.2, 0.25) is 10.0 Å². The number of likely N-dealkylation sites (tertiary alicyclic amines) is 1.